The van der Waals surface area contributed by atoms with Crippen LogP contribution >= 0.6 is 0 Å². The van der Waals surface area contributed by atoms with Crippen LogP contribution in [0.1, 0.15) is 0 Å². The molecule has 76 valence electrons. The third-order valence-corrected chi connectivity index (χ3v) is 3.08. The van der Waals surface area contributed by atoms with Crippen LogP contribution in [0.5, 0.6) is 0 Å². The van der Waals surface area contributed by atoms with Crippen molar-refractivity contribution in [3.8, 4) is 0 Å². The van der Waals surface area contributed by atoms with E-state index >= 15 is 0 Å². The number of H-pyrrole nitrogens is 2. The van der Waals surface area contributed by atoms with Crippen LogP contribution < -0.4 is 0 Å². The van der Waals surface area contributed by atoms with E-state index in [9.17, 15) is 0 Å². The zero-order valence-electron chi connectivity index (χ0n) is 8.49. The Morgan fingerprint density at radius 2 is 1.81 bits per heavy atom. The average molecular weight is 207 g/mol. The Morgan fingerprint density at radius 3 is 2.81 bits per heavy atom. The summed E-state index contributed by atoms with van der Waals surface area (Å²) in [5, 5.41) is 10.8. The van der Waals surface area contributed by atoms with Gasteiger partial charge in [0, 0.05) is 33.4 Å². The van der Waals surface area contributed by atoms with Crippen molar-refractivity contribution >= 4 is 32.7 Å². The lowest BCUT2D eigenvalue weighted by Crippen LogP contribution is -1.70. The zero-order chi connectivity index (χ0) is 10.5. The third-order valence-electron chi connectivity index (χ3n) is 3.08. The number of rotatable bonds is 0. The molecule has 4 rings (SSSR count). The summed E-state index contributed by atoms with van der Waals surface area (Å²) < 4.78 is 0. The number of aromatic nitrogens is 3. The van der Waals surface area contributed by atoms with Gasteiger partial charge >= 0.3 is 0 Å². The van der Waals surface area contributed by atoms with Crippen LogP contribution in [-0.2, 0) is 0 Å². The monoisotopic (exact) mass is 207 g/mol. The summed E-state index contributed by atoms with van der Waals surface area (Å²) >= 11 is 0. The quantitative estimate of drug-likeness (QED) is 0.457. The van der Waals surface area contributed by atoms with Crippen molar-refractivity contribution < 1.29 is 0 Å². The summed E-state index contributed by atoms with van der Waals surface area (Å²) in [5.41, 5.74) is 3.35. The average Bonchev–Trinajstić information content (AvgIpc) is 2.91. The van der Waals surface area contributed by atoms with Crippen LogP contribution in [0, 0.1) is 0 Å². The minimum Gasteiger partial charge on any atom is -0.354 e. The van der Waals surface area contributed by atoms with Gasteiger partial charge < -0.3 is 4.98 Å². The summed E-state index contributed by atoms with van der Waals surface area (Å²) in [4.78, 5) is 3.42. The summed E-state index contributed by atoms with van der Waals surface area (Å²) in [6.45, 7) is 0. The molecule has 0 aliphatic rings. The topological polar surface area (TPSA) is 44.5 Å². The molecule has 16 heavy (non-hydrogen) atoms. The van der Waals surface area contributed by atoms with E-state index in [1.807, 2.05) is 18.3 Å². The second kappa shape index (κ2) is 2.64. The van der Waals surface area contributed by atoms with Gasteiger partial charge in [0.25, 0.3) is 0 Å². The number of para-hydroxylation sites is 1. The highest BCUT2D eigenvalue weighted by atomic mass is 15.1. The minimum atomic E-state index is 1.01. The van der Waals surface area contributed by atoms with Crippen molar-refractivity contribution in [2.24, 2.45) is 0 Å². The summed E-state index contributed by atoms with van der Waals surface area (Å²) in [6.07, 6.45) is 1.96. The van der Waals surface area contributed by atoms with Gasteiger partial charge in [-0.2, -0.15) is 5.10 Å². The maximum Gasteiger partial charge on any atom is 0.0928 e. The first-order valence-electron chi connectivity index (χ1n) is 5.26. The molecule has 0 spiro atoms. The Kier molecular flexibility index (Phi) is 1.31. The first kappa shape index (κ1) is 7.93. The molecule has 3 heteroatoms. The Balaban J connectivity index is 2.42. The normalized spacial score (nSPS) is 11.8. The number of hydrogen-bond acceptors (Lipinski definition) is 1. The van der Waals surface area contributed by atoms with Crippen LogP contribution in [-0.4, -0.2) is 15.2 Å². The lowest BCUT2D eigenvalue weighted by atomic mass is 10.1. The number of nitrogens with zero attached hydrogens (tertiary/aromatic N) is 1. The second-order valence-electron chi connectivity index (χ2n) is 3.98. The zero-order valence-corrected chi connectivity index (χ0v) is 8.49. The molecular weight excluding hydrogens is 198 g/mol. The summed E-state index contributed by atoms with van der Waals surface area (Å²) in [6, 6.07) is 12.5. The highest BCUT2D eigenvalue weighted by Crippen LogP contribution is 2.30. The van der Waals surface area contributed by atoms with Gasteiger partial charge in [-0.25, -0.2) is 0 Å². The lowest BCUT2D eigenvalue weighted by molar-refractivity contribution is 1.12. The van der Waals surface area contributed by atoms with Gasteiger partial charge in [0.1, 0.15) is 0 Å². The molecule has 2 heterocycles. The summed E-state index contributed by atoms with van der Waals surface area (Å²) in [7, 11) is 0. The van der Waals surface area contributed by atoms with Gasteiger partial charge in [0.05, 0.1) is 5.52 Å². The van der Waals surface area contributed by atoms with Gasteiger partial charge in [-0.1, -0.05) is 18.2 Å². The van der Waals surface area contributed by atoms with Crippen LogP contribution in [0.4, 0.5) is 0 Å². The van der Waals surface area contributed by atoms with Crippen LogP contribution in [0.3, 0.4) is 0 Å². The van der Waals surface area contributed by atoms with Crippen molar-refractivity contribution in [2.75, 3.05) is 0 Å². The van der Waals surface area contributed by atoms with Crippen molar-refractivity contribution in [3.63, 3.8) is 0 Å². The minimum absolute atomic E-state index is 1.01. The van der Waals surface area contributed by atoms with Crippen LogP contribution in [0.25, 0.3) is 32.7 Å². The molecule has 0 saturated heterocycles. The number of benzene rings is 2. The molecular formula is C13H9N3. The summed E-state index contributed by atoms with van der Waals surface area (Å²) in [5.74, 6) is 0. The predicted octanol–water partition coefficient (Wildman–Crippen LogP) is 3.20. The number of aromatic amines is 2. The molecule has 0 amide bonds. The van der Waals surface area contributed by atoms with Crippen molar-refractivity contribution in [1.29, 1.82) is 0 Å². The van der Waals surface area contributed by atoms with Crippen molar-refractivity contribution in [1.82, 2.24) is 15.2 Å². The fourth-order valence-electron chi connectivity index (χ4n) is 2.37. The smallest absolute Gasteiger partial charge is 0.0928 e. The van der Waals surface area contributed by atoms with E-state index in [1.165, 1.54) is 21.7 Å². The molecule has 2 N–H and O–H groups in total. The van der Waals surface area contributed by atoms with Crippen molar-refractivity contribution in [2.45, 2.75) is 0 Å². The first-order valence-corrected chi connectivity index (χ1v) is 5.26. The van der Waals surface area contributed by atoms with E-state index in [4.69, 9.17) is 0 Å². The molecule has 4 aromatic rings. The van der Waals surface area contributed by atoms with E-state index in [0.29, 0.717) is 0 Å². The lowest BCUT2D eigenvalue weighted by Gasteiger charge is -1.92. The SMILES string of the molecule is c1ccc2c(c1)[nH]c1ccc3n[nH]cc3c12. The first-order chi connectivity index (χ1) is 7.93. The number of nitrogens with one attached hydrogen (secondary N) is 2. The largest absolute Gasteiger partial charge is 0.354 e. The molecule has 0 bridgehead atoms. The van der Waals surface area contributed by atoms with E-state index in [2.05, 4.69) is 39.4 Å². The molecule has 0 radical (unpaired) electrons. The fourth-order valence-corrected chi connectivity index (χ4v) is 2.37. The molecule has 0 atom stereocenters. The predicted molar refractivity (Wildman–Crippen MR) is 65.5 cm³/mol. The molecule has 0 aliphatic heterocycles. The Bertz CT molecular complexity index is 808. The molecule has 0 saturated carbocycles. The van der Waals surface area contributed by atoms with Gasteiger partial charge in [-0.15, -0.1) is 0 Å². The van der Waals surface area contributed by atoms with Crippen LogP contribution in [0.15, 0.2) is 42.6 Å². The molecule has 2 aromatic heterocycles. The Hall–Kier alpha value is -2.29. The highest BCUT2D eigenvalue weighted by Gasteiger charge is 2.08. The van der Waals surface area contributed by atoms with Gasteiger partial charge in [0.15, 0.2) is 0 Å². The second-order valence-corrected chi connectivity index (χ2v) is 3.98. The van der Waals surface area contributed by atoms with E-state index in [1.54, 1.807) is 0 Å². The Morgan fingerprint density at radius 1 is 0.875 bits per heavy atom. The standard InChI is InChI=1S/C13H9N3/c1-2-4-10-8(3-1)13-9-7-14-16-11(9)5-6-12(13)15-10/h1-7,15H,(H,14,16). The number of hydrogen-bond donors (Lipinski definition) is 2. The number of fused-ring (bicyclic) bond motifs is 5. The maximum atomic E-state index is 4.22. The molecule has 0 fully saturated rings. The third kappa shape index (κ3) is 0.852. The fraction of sp³-hybridized carbons (Fsp3) is 0. The molecule has 0 unspecified atom stereocenters. The molecule has 3 nitrogen and oxygen atoms in total. The molecule has 2 aromatic carbocycles. The maximum absolute atomic E-state index is 4.22. The van der Waals surface area contributed by atoms with Crippen LogP contribution in [0.2, 0.25) is 0 Å². The van der Waals surface area contributed by atoms with Crippen molar-refractivity contribution in [3.05, 3.63) is 42.6 Å². The van der Waals surface area contributed by atoms with E-state index in [-0.39, 0.29) is 0 Å². The van der Waals surface area contributed by atoms with Gasteiger partial charge in [-0.3, -0.25) is 5.10 Å². The Labute approximate surface area is 91.1 Å². The highest BCUT2D eigenvalue weighted by molar-refractivity contribution is 6.19. The van der Waals surface area contributed by atoms with Gasteiger partial charge in [-0.05, 0) is 18.2 Å². The molecule has 0 aliphatic carbocycles. The van der Waals surface area contributed by atoms with E-state index in [0.717, 1.165) is 11.0 Å². The van der Waals surface area contributed by atoms with Gasteiger partial charge in [0.2, 0.25) is 0 Å². The van der Waals surface area contributed by atoms with E-state index < -0.39 is 0 Å².